The third-order valence-electron chi connectivity index (χ3n) is 7.05. The normalized spacial score (nSPS) is 20.4. The van der Waals surface area contributed by atoms with Crippen LogP contribution in [0.25, 0.3) is 0 Å². The number of hydrogen-bond donors (Lipinski definition) is 3. The van der Waals surface area contributed by atoms with E-state index in [0.29, 0.717) is 0 Å². The van der Waals surface area contributed by atoms with E-state index in [1.807, 2.05) is 65.0 Å². The third-order valence-corrected chi connectivity index (χ3v) is 7.05. The highest BCUT2D eigenvalue weighted by molar-refractivity contribution is 5.96. The molecule has 0 bridgehead atoms. The van der Waals surface area contributed by atoms with E-state index in [2.05, 4.69) is 16.0 Å². The highest BCUT2D eigenvalue weighted by Gasteiger charge is 2.58. The van der Waals surface area contributed by atoms with Gasteiger partial charge in [-0.3, -0.25) is 9.59 Å². The minimum Gasteiger partial charge on any atom is -0.445 e. The van der Waals surface area contributed by atoms with Crippen LogP contribution in [0.15, 0.2) is 30.3 Å². The highest BCUT2D eigenvalue weighted by Crippen LogP contribution is 2.43. The van der Waals surface area contributed by atoms with Crippen LogP contribution in [0.5, 0.6) is 0 Å². The van der Waals surface area contributed by atoms with E-state index < -0.39 is 39.7 Å². The van der Waals surface area contributed by atoms with Gasteiger partial charge in [-0.1, -0.05) is 44.2 Å². The average Bonchev–Trinajstić information content (AvgIpc) is 2.74. The third kappa shape index (κ3) is 7.23. The van der Waals surface area contributed by atoms with Gasteiger partial charge in [0.25, 0.3) is 0 Å². The molecule has 3 amide bonds. The van der Waals surface area contributed by atoms with Crippen LogP contribution >= 0.6 is 0 Å². The zero-order valence-corrected chi connectivity index (χ0v) is 24.1. The Balaban J connectivity index is 2.42. The molecule has 1 heterocycles. The molecular formula is C28H45N4O5. The molecule has 1 saturated heterocycles. The van der Waals surface area contributed by atoms with Crippen LogP contribution in [0.1, 0.15) is 87.6 Å². The molecule has 9 nitrogen and oxygen atoms in total. The minimum absolute atomic E-state index is 0.0303. The Hall–Kier alpha value is -2.65. The van der Waals surface area contributed by atoms with Gasteiger partial charge >= 0.3 is 6.09 Å². The maximum Gasteiger partial charge on any atom is 0.408 e. The summed E-state index contributed by atoms with van der Waals surface area (Å²) in [7, 11) is 0. The maximum atomic E-state index is 14.1. The van der Waals surface area contributed by atoms with Crippen molar-refractivity contribution in [3.8, 4) is 0 Å². The number of nitrogens with zero attached hydrogens (tertiary/aromatic N) is 1. The van der Waals surface area contributed by atoms with Crippen LogP contribution in [0, 0.1) is 5.92 Å². The Morgan fingerprint density at radius 3 is 1.92 bits per heavy atom. The van der Waals surface area contributed by atoms with Gasteiger partial charge in [0.15, 0.2) is 0 Å². The lowest BCUT2D eigenvalue weighted by atomic mass is 9.69. The molecule has 0 aliphatic carbocycles. The van der Waals surface area contributed by atoms with E-state index in [9.17, 15) is 19.6 Å². The van der Waals surface area contributed by atoms with E-state index in [-0.39, 0.29) is 31.3 Å². The second-order valence-corrected chi connectivity index (χ2v) is 13.1. The second-order valence-electron chi connectivity index (χ2n) is 13.1. The van der Waals surface area contributed by atoms with Crippen LogP contribution in [-0.2, 0) is 26.1 Å². The number of rotatable bonds is 7. The lowest BCUT2D eigenvalue weighted by molar-refractivity contribution is -0.295. The number of hydroxylamine groups is 2. The first-order valence-electron chi connectivity index (χ1n) is 12.9. The molecule has 1 aromatic carbocycles. The Morgan fingerprint density at radius 1 is 0.946 bits per heavy atom. The van der Waals surface area contributed by atoms with Gasteiger partial charge in [0.05, 0.1) is 0 Å². The molecule has 2 rings (SSSR count). The van der Waals surface area contributed by atoms with Gasteiger partial charge in [-0.15, -0.1) is 10.3 Å². The molecule has 0 saturated carbocycles. The first kappa shape index (κ1) is 30.6. The predicted molar refractivity (Wildman–Crippen MR) is 142 cm³/mol. The summed E-state index contributed by atoms with van der Waals surface area (Å²) in [6.45, 7) is 18.0. The maximum absolute atomic E-state index is 14.1. The number of piperidine rings is 1. The second kappa shape index (κ2) is 10.6. The number of carbonyl (C=O) groups is 3. The summed E-state index contributed by atoms with van der Waals surface area (Å²) < 4.78 is 5.46. The smallest absolute Gasteiger partial charge is 0.408 e. The van der Waals surface area contributed by atoms with Crippen molar-refractivity contribution in [1.82, 2.24) is 21.0 Å². The van der Waals surface area contributed by atoms with Gasteiger partial charge in [0, 0.05) is 16.6 Å². The summed E-state index contributed by atoms with van der Waals surface area (Å²) in [6, 6.07) is 9.22. The molecule has 0 unspecified atom stereocenters. The van der Waals surface area contributed by atoms with Gasteiger partial charge in [0.1, 0.15) is 17.7 Å². The molecule has 1 radical (unpaired) electrons. The Kier molecular flexibility index (Phi) is 8.77. The highest BCUT2D eigenvalue weighted by atomic mass is 16.5. The van der Waals surface area contributed by atoms with Gasteiger partial charge < -0.3 is 20.7 Å². The van der Waals surface area contributed by atoms with Crippen molar-refractivity contribution in [2.24, 2.45) is 5.92 Å². The fraction of sp³-hybridized carbons (Fsp3) is 0.679. The van der Waals surface area contributed by atoms with Gasteiger partial charge in [0.2, 0.25) is 11.8 Å². The number of amides is 3. The number of nitrogens with one attached hydrogen (secondary N) is 3. The molecule has 0 spiro atoms. The van der Waals surface area contributed by atoms with E-state index in [0.717, 1.165) is 10.6 Å². The summed E-state index contributed by atoms with van der Waals surface area (Å²) in [5.41, 5.74) is -4.41. The largest absolute Gasteiger partial charge is 0.445 e. The van der Waals surface area contributed by atoms with Crippen molar-refractivity contribution in [1.29, 1.82) is 0 Å². The van der Waals surface area contributed by atoms with Crippen molar-refractivity contribution >= 4 is 17.9 Å². The zero-order chi connectivity index (χ0) is 28.4. The molecule has 1 aliphatic heterocycles. The summed E-state index contributed by atoms with van der Waals surface area (Å²) in [5.74, 6) is -1.12. The molecule has 1 fully saturated rings. The molecular weight excluding hydrogens is 472 g/mol. The number of carbonyl (C=O) groups excluding carboxylic acids is 3. The molecule has 1 aromatic rings. The van der Waals surface area contributed by atoms with Crippen LogP contribution in [0.3, 0.4) is 0 Å². The van der Waals surface area contributed by atoms with E-state index in [1.54, 1.807) is 34.6 Å². The SMILES string of the molecule is CC(C)[C@](C)(NC(=O)C1(NC(=O)OCc2ccccc2)CC(C)(C)N([O])C(C)(C)C1)C(=O)NC(C)(C)C. The molecule has 1 atom stereocenters. The molecule has 1 aliphatic rings. The standard InChI is InChI=1S/C28H45N4O5/c1-19(2)27(10,21(33)29-24(3,4)5)30-22(34)28(17-25(6,7)32(36)26(8,9)18-28)31-23(35)37-16-20-14-12-11-13-15-20/h11-15,19H,16-18H2,1-10H3,(H,29,33)(H,30,34)(H,31,35)/t27-/m0/s1. The molecule has 37 heavy (non-hydrogen) atoms. The van der Waals surface area contributed by atoms with Crippen LogP contribution in [0.4, 0.5) is 4.79 Å². The lowest BCUT2D eigenvalue weighted by Gasteiger charge is -2.55. The number of alkyl carbamates (subject to hydrolysis) is 1. The lowest BCUT2D eigenvalue weighted by Crippen LogP contribution is -2.75. The monoisotopic (exact) mass is 517 g/mol. The van der Waals surface area contributed by atoms with Crippen molar-refractivity contribution in [2.45, 2.75) is 116 Å². The predicted octanol–water partition coefficient (Wildman–Crippen LogP) is 4.10. The molecule has 9 heteroatoms. The van der Waals surface area contributed by atoms with E-state index in [1.165, 1.54) is 0 Å². The summed E-state index contributed by atoms with van der Waals surface area (Å²) in [5, 5.41) is 22.8. The summed E-state index contributed by atoms with van der Waals surface area (Å²) >= 11 is 0. The van der Waals surface area contributed by atoms with E-state index >= 15 is 0 Å². The van der Waals surface area contributed by atoms with Crippen LogP contribution in [0.2, 0.25) is 0 Å². The van der Waals surface area contributed by atoms with Crippen molar-refractivity contribution in [3.05, 3.63) is 35.9 Å². The Bertz CT molecular complexity index is 966. The average molecular weight is 518 g/mol. The first-order valence-corrected chi connectivity index (χ1v) is 12.9. The fourth-order valence-electron chi connectivity index (χ4n) is 5.05. The molecule has 3 N–H and O–H groups in total. The number of hydrogen-bond acceptors (Lipinski definition) is 5. The van der Waals surface area contributed by atoms with Crippen molar-refractivity contribution < 1.29 is 24.3 Å². The van der Waals surface area contributed by atoms with Gasteiger partial charge in [-0.05, 0) is 79.7 Å². The van der Waals surface area contributed by atoms with Gasteiger partial charge in [-0.2, -0.15) is 0 Å². The van der Waals surface area contributed by atoms with Crippen molar-refractivity contribution in [2.75, 3.05) is 0 Å². The van der Waals surface area contributed by atoms with Crippen LogP contribution < -0.4 is 16.0 Å². The topological polar surface area (TPSA) is 120 Å². The van der Waals surface area contributed by atoms with Crippen molar-refractivity contribution in [3.63, 3.8) is 0 Å². The fourth-order valence-corrected chi connectivity index (χ4v) is 5.05. The summed E-state index contributed by atoms with van der Waals surface area (Å²) in [6.07, 6.45) is -0.696. The minimum atomic E-state index is -1.49. The Morgan fingerprint density at radius 2 is 1.46 bits per heavy atom. The van der Waals surface area contributed by atoms with Gasteiger partial charge in [-0.25, -0.2) is 4.79 Å². The quantitative estimate of drug-likeness (QED) is 0.503. The number of benzene rings is 1. The zero-order valence-electron chi connectivity index (χ0n) is 24.1. The van der Waals surface area contributed by atoms with Crippen LogP contribution in [-0.4, -0.2) is 50.7 Å². The molecule has 207 valence electrons. The Labute approximate surface area is 221 Å². The molecule has 0 aromatic heterocycles. The summed E-state index contributed by atoms with van der Waals surface area (Å²) in [4.78, 5) is 40.5. The first-order chi connectivity index (χ1) is 16.7. The number of ether oxygens (including phenoxy) is 1. The van der Waals surface area contributed by atoms with E-state index in [4.69, 9.17) is 4.74 Å².